The van der Waals surface area contributed by atoms with Gasteiger partial charge >= 0.3 is 6.18 Å². The molecule has 8 nitrogen and oxygen atoms in total. The molecule has 178 valence electrons. The maximum absolute atomic E-state index is 13.4. The summed E-state index contributed by atoms with van der Waals surface area (Å²) in [5.74, 6) is 0.514. The summed E-state index contributed by atoms with van der Waals surface area (Å²) in [6.07, 6.45) is -2.67. The van der Waals surface area contributed by atoms with Crippen molar-refractivity contribution in [2.24, 2.45) is 5.73 Å². The van der Waals surface area contributed by atoms with Crippen molar-refractivity contribution in [2.45, 2.75) is 19.5 Å². The number of hydrogen-bond donors (Lipinski definition) is 2. The number of aryl methyl sites for hydroxylation is 1. The molecular formula is C23H23F3N6O2. The molecule has 1 aromatic carbocycles. The topological polar surface area (TPSA) is 114 Å². The Kier molecular flexibility index (Phi) is 6.29. The van der Waals surface area contributed by atoms with E-state index >= 15 is 0 Å². The SMILES string of the molecule is COc1ccc(-c2ccc3nc(C)c(-c4cnc(N)c(C(F)(F)F)c4)n3n2)cc1OCCCN. The van der Waals surface area contributed by atoms with Crippen LogP contribution in [0.5, 0.6) is 11.5 Å². The summed E-state index contributed by atoms with van der Waals surface area (Å²) in [5.41, 5.74) is 12.9. The minimum absolute atomic E-state index is 0.205. The van der Waals surface area contributed by atoms with Gasteiger partial charge in [-0.05, 0) is 56.3 Å². The highest BCUT2D eigenvalue weighted by Crippen LogP contribution is 2.36. The maximum Gasteiger partial charge on any atom is 0.419 e. The quantitative estimate of drug-likeness (QED) is 0.389. The summed E-state index contributed by atoms with van der Waals surface area (Å²) in [6, 6.07) is 9.85. The number of rotatable bonds is 7. The average Bonchev–Trinajstić information content (AvgIpc) is 3.13. The molecule has 34 heavy (non-hydrogen) atoms. The summed E-state index contributed by atoms with van der Waals surface area (Å²) in [7, 11) is 1.55. The van der Waals surface area contributed by atoms with Crippen LogP contribution in [0.2, 0.25) is 0 Å². The summed E-state index contributed by atoms with van der Waals surface area (Å²) < 4.78 is 52.8. The fourth-order valence-electron chi connectivity index (χ4n) is 3.57. The number of nitrogens with zero attached hydrogens (tertiary/aromatic N) is 4. The Bertz CT molecular complexity index is 1340. The van der Waals surface area contributed by atoms with Crippen LogP contribution < -0.4 is 20.9 Å². The molecule has 0 fully saturated rings. The lowest BCUT2D eigenvalue weighted by atomic mass is 10.1. The number of aromatic nitrogens is 4. The zero-order valence-electron chi connectivity index (χ0n) is 18.6. The number of pyridine rings is 1. The smallest absolute Gasteiger partial charge is 0.419 e. The molecular weight excluding hydrogens is 449 g/mol. The van der Waals surface area contributed by atoms with Gasteiger partial charge in [0.05, 0.1) is 36.4 Å². The van der Waals surface area contributed by atoms with E-state index in [1.807, 2.05) is 6.07 Å². The Morgan fingerprint density at radius 2 is 1.85 bits per heavy atom. The van der Waals surface area contributed by atoms with Crippen LogP contribution in [0.15, 0.2) is 42.6 Å². The van der Waals surface area contributed by atoms with Crippen molar-refractivity contribution >= 4 is 11.5 Å². The minimum atomic E-state index is -4.64. The highest BCUT2D eigenvalue weighted by atomic mass is 19.4. The zero-order chi connectivity index (χ0) is 24.5. The summed E-state index contributed by atoms with van der Waals surface area (Å²) in [4.78, 5) is 8.18. The third-order valence-electron chi connectivity index (χ3n) is 5.21. The van der Waals surface area contributed by atoms with Crippen LogP contribution in [-0.2, 0) is 6.18 Å². The molecule has 4 N–H and O–H groups in total. The van der Waals surface area contributed by atoms with Crippen LogP contribution >= 0.6 is 0 Å². The Morgan fingerprint density at radius 3 is 2.56 bits per heavy atom. The van der Waals surface area contributed by atoms with Gasteiger partial charge in [0.15, 0.2) is 17.1 Å². The number of halogens is 3. The summed E-state index contributed by atoms with van der Waals surface area (Å²) in [5, 5.41) is 4.65. The maximum atomic E-state index is 13.4. The second kappa shape index (κ2) is 9.18. The van der Waals surface area contributed by atoms with Crippen LogP contribution in [0.1, 0.15) is 17.7 Å². The van der Waals surface area contributed by atoms with Gasteiger partial charge in [-0.2, -0.15) is 18.3 Å². The number of nitrogens with two attached hydrogens (primary N) is 2. The number of benzene rings is 1. The van der Waals surface area contributed by atoms with Gasteiger partial charge in [0.2, 0.25) is 0 Å². The molecule has 0 saturated carbocycles. The second-order valence-electron chi connectivity index (χ2n) is 7.55. The first-order chi connectivity index (χ1) is 16.2. The third-order valence-corrected chi connectivity index (χ3v) is 5.21. The molecule has 0 aliphatic carbocycles. The fraction of sp³-hybridized carbons (Fsp3) is 0.261. The van der Waals surface area contributed by atoms with E-state index in [2.05, 4.69) is 15.1 Å². The normalized spacial score (nSPS) is 11.7. The highest BCUT2D eigenvalue weighted by molar-refractivity contribution is 5.70. The Balaban J connectivity index is 1.81. The van der Waals surface area contributed by atoms with Crippen LogP contribution in [0.4, 0.5) is 19.0 Å². The standard InChI is InChI=1S/C23H23F3N6O2/c1-13-21(15-10-16(23(24,25)26)22(28)29-12-15)32-20(30-13)7-5-17(31-32)14-4-6-18(33-2)19(11-14)34-9-3-8-27/h4-7,10-12H,3,8-9,27H2,1-2H3,(H2,28,29). The minimum Gasteiger partial charge on any atom is -0.493 e. The first-order valence-corrected chi connectivity index (χ1v) is 10.4. The highest BCUT2D eigenvalue weighted by Gasteiger charge is 2.34. The molecule has 3 aromatic heterocycles. The summed E-state index contributed by atoms with van der Waals surface area (Å²) >= 11 is 0. The number of anilines is 1. The van der Waals surface area contributed by atoms with E-state index in [9.17, 15) is 13.2 Å². The van der Waals surface area contributed by atoms with Crippen LogP contribution in [-0.4, -0.2) is 39.8 Å². The first kappa shape index (κ1) is 23.3. The molecule has 0 unspecified atom stereocenters. The van der Waals surface area contributed by atoms with E-state index < -0.39 is 17.6 Å². The first-order valence-electron chi connectivity index (χ1n) is 10.4. The monoisotopic (exact) mass is 472 g/mol. The molecule has 4 rings (SSSR count). The van der Waals surface area contributed by atoms with E-state index in [-0.39, 0.29) is 5.56 Å². The van der Waals surface area contributed by atoms with Crippen molar-refractivity contribution in [2.75, 3.05) is 26.0 Å². The lowest BCUT2D eigenvalue weighted by Crippen LogP contribution is -2.11. The molecule has 11 heteroatoms. The second-order valence-corrected chi connectivity index (χ2v) is 7.55. The molecule has 4 aromatic rings. The van der Waals surface area contributed by atoms with Gasteiger partial charge in [-0.25, -0.2) is 14.5 Å². The van der Waals surface area contributed by atoms with Gasteiger partial charge in [0.1, 0.15) is 5.82 Å². The van der Waals surface area contributed by atoms with E-state index in [1.165, 1.54) is 10.7 Å². The predicted molar refractivity (Wildman–Crippen MR) is 122 cm³/mol. The molecule has 0 atom stereocenters. The fourth-order valence-corrected chi connectivity index (χ4v) is 3.57. The third kappa shape index (κ3) is 4.46. The van der Waals surface area contributed by atoms with Gasteiger partial charge in [0.25, 0.3) is 0 Å². The molecule has 0 radical (unpaired) electrons. The van der Waals surface area contributed by atoms with E-state index in [0.29, 0.717) is 53.8 Å². The Labute approximate surface area is 193 Å². The lowest BCUT2D eigenvalue weighted by molar-refractivity contribution is -0.137. The van der Waals surface area contributed by atoms with Gasteiger partial charge in [-0.1, -0.05) is 0 Å². The largest absolute Gasteiger partial charge is 0.493 e. The Hall–Kier alpha value is -3.86. The zero-order valence-corrected chi connectivity index (χ0v) is 18.6. The average molecular weight is 472 g/mol. The molecule has 0 bridgehead atoms. The predicted octanol–water partition coefficient (Wildman–Crippen LogP) is 4.10. The van der Waals surface area contributed by atoms with E-state index in [4.69, 9.17) is 20.9 Å². The number of alkyl halides is 3. The molecule has 0 amide bonds. The molecule has 0 saturated heterocycles. The number of imidazole rings is 1. The van der Waals surface area contributed by atoms with Crippen molar-refractivity contribution in [1.29, 1.82) is 0 Å². The van der Waals surface area contributed by atoms with Crippen LogP contribution in [0, 0.1) is 6.92 Å². The number of ether oxygens (including phenoxy) is 2. The number of methoxy groups -OCH3 is 1. The number of hydrogen-bond acceptors (Lipinski definition) is 7. The van der Waals surface area contributed by atoms with Gasteiger partial charge in [-0.15, -0.1) is 0 Å². The van der Waals surface area contributed by atoms with Gasteiger partial charge in [0, 0.05) is 17.3 Å². The van der Waals surface area contributed by atoms with Crippen LogP contribution in [0.25, 0.3) is 28.2 Å². The van der Waals surface area contributed by atoms with Gasteiger partial charge < -0.3 is 20.9 Å². The van der Waals surface area contributed by atoms with Crippen molar-refractivity contribution in [1.82, 2.24) is 19.6 Å². The van der Waals surface area contributed by atoms with Crippen molar-refractivity contribution in [3.63, 3.8) is 0 Å². The van der Waals surface area contributed by atoms with Crippen molar-refractivity contribution in [3.8, 4) is 34.0 Å². The molecule has 0 aliphatic rings. The van der Waals surface area contributed by atoms with Crippen molar-refractivity contribution < 1.29 is 22.6 Å². The summed E-state index contributed by atoms with van der Waals surface area (Å²) in [6.45, 7) is 2.63. The Morgan fingerprint density at radius 1 is 1.06 bits per heavy atom. The molecule has 0 spiro atoms. The molecule has 3 heterocycles. The molecule has 0 aliphatic heterocycles. The van der Waals surface area contributed by atoms with E-state index in [1.54, 1.807) is 38.3 Å². The number of nitrogen functional groups attached to an aromatic ring is 1. The van der Waals surface area contributed by atoms with Crippen molar-refractivity contribution in [3.05, 3.63) is 53.9 Å². The van der Waals surface area contributed by atoms with Gasteiger partial charge in [-0.3, -0.25) is 0 Å². The number of fused-ring (bicyclic) bond motifs is 1. The van der Waals surface area contributed by atoms with Crippen LogP contribution in [0.3, 0.4) is 0 Å². The lowest BCUT2D eigenvalue weighted by Gasteiger charge is -2.13. The van der Waals surface area contributed by atoms with E-state index in [0.717, 1.165) is 11.6 Å².